The van der Waals surface area contributed by atoms with Crippen LogP contribution in [0.5, 0.6) is 0 Å². The molecule has 3 aromatic rings. The van der Waals surface area contributed by atoms with Crippen LogP contribution in [-0.2, 0) is 10.4 Å². The molecular formula is C27H32N2O3. The Kier molecular flexibility index (Phi) is 6.49. The number of aliphatic hydroxyl groups is 1. The fourth-order valence-electron chi connectivity index (χ4n) is 4.87. The zero-order valence-electron chi connectivity index (χ0n) is 18.8. The minimum absolute atomic E-state index is 0.254. The molecule has 32 heavy (non-hydrogen) atoms. The number of carboxylic acid groups (broad SMARTS) is 1. The van der Waals surface area contributed by atoms with Crippen LogP contribution in [0.25, 0.3) is 10.8 Å². The van der Waals surface area contributed by atoms with Gasteiger partial charge >= 0.3 is 5.97 Å². The van der Waals surface area contributed by atoms with E-state index in [0.29, 0.717) is 18.0 Å². The van der Waals surface area contributed by atoms with E-state index in [1.165, 1.54) is 16.3 Å². The number of fused-ring (bicyclic) bond motifs is 1. The predicted molar refractivity (Wildman–Crippen MR) is 129 cm³/mol. The average Bonchev–Trinajstić information content (AvgIpc) is 3.26. The molecule has 168 valence electrons. The highest BCUT2D eigenvalue weighted by atomic mass is 16.4. The average molecular weight is 433 g/mol. The number of hydrogen-bond donors (Lipinski definition) is 3. The summed E-state index contributed by atoms with van der Waals surface area (Å²) in [5, 5.41) is 26.2. The van der Waals surface area contributed by atoms with Crippen LogP contribution < -0.4 is 10.2 Å². The van der Waals surface area contributed by atoms with Gasteiger partial charge in [0.15, 0.2) is 0 Å². The molecule has 3 aromatic carbocycles. The summed E-state index contributed by atoms with van der Waals surface area (Å²) in [4.78, 5) is 13.5. The van der Waals surface area contributed by atoms with E-state index in [4.69, 9.17) is 5.11 Å². The summed E-state index contributed by atoms with van der Waals surface area (Å²) in [6.45, 7) is 5.92. The molecule has 0 bridgehead atoms. The van der Waals surface area contributed by atoms with Crippen molar-refractivity contribution in [3.63, 3.8) is 0 Å². The third-order valence-corrected chi connectivity index (χ3v) is 6.76. The Bertz CT molecular complexity index is 1080. The Morgan fingerprint density at radius 1 is 1.12 bits per heavy atom. The van der Waals surface area contributed by atoms with Crippen molar-refractivity contribution < 1.29 is 15.0 Å². The van der Waals surface area contributed by atoms with E-state index < -0.39 is 11.6 Å². The predicted octanol–water partition coefficient (Wildman–Crippen LogP) is 4.84. The molecule has 0 saturated carbocycles. The lowest BCUT2D eigenvalue weighted by Gasteiger charge is -2.27. The third-order valence-electron chi connectivity index (χ3n) is 6.76. The molecule has 1 heterocycles. The Labute approximate surface area is 189 Å². The Morgan fingerprint density at radius 3 is 2.56 bits per heavy atom. The van der Waals surface area contributed by atoms with Crippen molar-refractivity contribution in [2.24, 2.45) is 0 Å². The Balaban J connectivity index is 1.42. The minimum Gasteiger partial charge on any atom is -0.481 e. The summed E-state index contributed by atoms with van der Waals surface area (Å²) in [7, 11) is 0. The number of nitrogens with zero attached hydrogens (tertiary/aromatic N) is 1. The largest absolute Gasteiger partial charge is 0.481 e. The standard InChI is InChI=1S/C27H32N2O3/c1-3-27(32,17-26(30)31)21-11-13-23(14-12-21)29-16-15-22(18-29)28-19(2)24-10-6-8-20-7-4-5-9-25(20)24/h4-14,19,22,28,32H,3,15-18H2,1-2H3,(H,30,31)/t19-,22?,27?/m1/s1. The molecule has 0 aliphatic carbocycles. The topological polar surface area (TPSA) is 72.8 Å². The van der Waals surface area contributed by atoms with Gasteiger partial charge in [0.2, 0.25) is 0 Å². The van der Waals surface area contributed by atoms with E-state index in [0.717, 1.165) is 25.2 Å². The summed E-state index contributed by atoms with van der Waals surface area (Å²) in [5.41, 5.74) is 1.75. The van der Waals surface area contributed by atoms with Crippen LogP contribution in [0.15, 0.2) is 66.7 Å². The van der Waals surface area contributed by atoms with Crippen molar-refractivity contribution in [1.29, 1.82) is 0 Å². The number of aliphatic carboxylic acids is 1. The van der Waals surface area contributed by atoms with Crippen molar-refractivity contribution in [1.82, 2.24) is 5.32 Å². The molecule has 0 amide bonds. The summed E-state index contributed by atoms with van der Waals surface area (Å²) >= 11 is 0. The quantitative estimate of drug-likeness (QED) is 0.475. The van der Waals surface area contributed by atoms with Crippen LogP contribution in [0.3, 0.4) is 0 Å². The zero-order chi connectivity index (χ0) is 22.7. The van der Waals surface area contributed by atoms with E-state index >= 15 is 0 Å². The van der Waals surface area contributed by atoms with Crippen LogP contribution >= 0.6 is 0 Å². The maximum atomic E-state index is 11.1. The van der Waals surface area contributed by atoms with Crippen molar-refractivity contribution >= 4 is 22.4 Å². The van der Waals surface area contributed by atoms with Gasteiger partial charge in [-0.1, -0.05) is 61.5 Å². The van der Waals surface area contributed by atoms with E-state index in [1.54, 1.807) is 0 Å². The fraction of sp³-hybridized carbons (Fsp3) is 0.370. The SMILES string of the molecule is CCC(O)(CC(=O)O)c1ccc(N2CCC(N[C@H](C)c3cccc4ccccc34)C2)cc1. The maximum absolute atomic E-state index is 11.1. The van der Waals surface area contributed by atoms with E-state index in [2.05, 4.69) is 59.6 Å². The lowest BCUT2D eigenvalue weighted by atomic mass is 9.88. The molecule has 0 spiro atoms. The summed E-state index contributed by atoms with van der Waals surface area (Å²) in [5.74, 6) is -0.993. The van der Waals surface area contributed by atoms with E-state index in [-0.39, 0.29) is 12.5 Å². The second-order valence-electron chi connectivity index (χ2n) is 8.89. The van der Waals surface area contributed by atoms with Gasteiger partial charge in [-0.3, -0.25) is 4.79 Å². The molecule has 3 atom stereocenters. The number of benzene rings is 3. The number of nitrogens with one attached hydrogen (secondary N) is 1. The molecule has 0 radical (unpaired) electrons. The van der Waals surface area contributed by atoms with Gasteiger partial charge in [-0.25, -0.2) is 0 Å². The first-order valence-electron chi connectivity index (χ1n) is 11.4. The molecule has 5 heteroatoms. The first kappa shape index (κ1) is 22.3. The Morgan fingerprint density at radius 2 is 1.84 bits per heavy atom. The molecule has 5 nitrogen and oxygen atoms in total. The highest BCUT2D eigenvalue weighted by Gasteiger charge is 2.31. The van der Waals surface area contributed by atoms with Gasteiger partial charge in [0.1, 0.15) is 0 Å². The second-order valence-corrected chi connectivity index (χ2v) is 8.89. The molecule has 1 aliphatic rings. The van der Waals surface area contributed by atoms with Crippen molar-refractivity contribution in [3.05, 3.63) is 77.9 Å². The van der Waals surface area contributed by atoms with Crippen molar-refractivity contribution in [2.45, 2.75) is 50.8 Å². The number of carboxylic acids is 1. The van der Waals surface area contributed by atoms with Crippen LogP contribution in [0, 0.1) is 0 Å². The monoisotopic (exact) mass is 432 g/mol. The maximum Gasteiger partial charge on any atom is 0.306 e. The number of carbonyl (C=O) groups is 1. The van der Waals surface area contributed by atoms with Gasteiger partial charge in [0, 0.05) is 30.9 Å². The zero-order valence-corrected chi connectivity index (χ0v) is 18.8. The lowest BCUT2D eigenvalue weighted by molar-refractivity contribution is -0.143. The Hall–Kier alpha value is -2.89. The summed E-state index contributed by atoms with van der Waals surface area (Å²) in [6.07, 6.45) is 1.14. The van der Waals surface area contributed by atoms with Crippen LogP contribution in [-0.4, -0.2) is 35.3 Å². The van der Waals surface area contributed by atoms with Gasteiger partial charge < -0.3 is 20.4 Å². The summed E-state index contributed by atoms with van der Waals surface area (Å²) in [6, 6.07) is 23.4. The van der Waals surface area contributed by atoms with Crippen molar-refractivity contribution in [2.75, 3.05) is 18.0 Å². The van der Waals surface area contributed by atoms with E-state index in [9.17, 15) is 9.90 Å². The molecule has 1 saturated heterocycles. The molecule has 1 aliphatic heterocycles. The molecular weight excluding hydrogens is 400 g/mol. The molecule has 2 unspecified atom stereocenters. The van der Waals surface area contributed by atoms with Crippen LogP contribution in [0.4, 0.5) is 5.69 Å². The highest BCUT2D eigenvalue weighted by Crippen LogP contribution is 2.31. The van der Waals surface area contributed by atoms with Gasteiger partial charge in [0.05, 0.1) is 12.0 Å². The smallest absolute Gasteiger partial charge is 0.306 e. The van der Waals surface area contributed by atoms with Crippen LogP contribution in [0.1, 0.15) is 50.3 Å². The number of rotatable bonds is 8. The highest BCUT2D eigenvalue weighted by molar-refractivity contribution is 5.86. The van der Waals surface area contributed by atoms with Crippen molar-refractivity contribution in [3.8, 4) is 0 Å². The molecule has 0 aromatic heterocycles. The number of hydrogen-bond acceptors (Lipinski definition) is 4. The third kappa shape index (κ3) is 4.64. The molecule has 3 N–H and O–H groups in total. The normalized spacial score (nSPS) is 19.1. The second kappa shape index (κ2) is 9.31. The number of anilines is 1. The van der Waals surface area contributed by atoms with Gasteiger partial charge in [0.25, 0.3) is 0 Å². The summed E-state index contributed by atoms with van der Waals surface area (Å²) < 4.78 is 0. The fourth-order valence-corrected chi connectivity index (χ4v) is 4.87. The molecule has 1 fully saturated rings. The van der Waals surface area contributed by atoms with E-state index in [1.807, 2.05) is 31.2 Å². The first-order chi connectivity index (χ1) is 15.4. The van der Waals surface area contributed by atoms with Gasteiger partial charge in [-0.2, -0.15) is 0 Å². The van der Waals surface area contributed by atoms with Crippen LogP contribution in [0.2, 0.25) is 0 Å². The minimum atomic E-state index is -1.33. The first-order valence-corrected chi connectivity index (χ1v) is 11.4. The van der Waals surface area contributed by atoms with Gasteiger partial charge in [-0.05, 0) is 53.8 Å². The molecule has 4 rings (SSSR count). The van der Waals surface area contributed by atoms with Gasteiger partial charge in [-0.15, -0.1) is 0 Å². The lowest BCUT2D eigenvalue weighted by Crippen LogP contribution is -2.34.